The predicted molar refractivity (Wildman–Crippen MR) is 109 cm³/mol. The number of rotatable bonds is 6. The Labute approximate surface area is 165 Å². The van der Waals surface area contributed by atoms with Crippen molar-refractivity contribution < 1.29 is 14.3 Å². The van der Waals surface area contributed by atoms with Gasteiger partial charge in [-0.2, -0.15) is 0 Å². The smallest absolute Gasteiger partial charge is 0.321 e. The Bertz CT molecular complexity index is 769. The number of nitrogens with zero attached hydrogens (tertiary/aromatic N) is 1. The number of hydrogen-bond donors (Lipinski definition) is 2. The largest absolute Gasteiger partial charge is 0.373 e. The number of carbonyl (C=O) groups excluding carboxylic acids is 2. The number of piperidine rings is 1. The lowest BCUT2D eigenvalue weighted by Crippen LogP contribution is -2.43. The molecule has 2 aromatic carbocycles. The van der Waals surface area contributed by atoms with Crippen molar-refractivity contribution in [1.82, 2.24) is 10.2 Å². The highest BCUT2D eigenvalue weighted by atomic mass is 16.5. The van der Waals surface area contributed by atoms with Gasteiger partial charge in [-0.15, -0.1) is 0 Å². The Balaban J connectivity index is 1.41. The van der Waals surface area contributed by atoms with Crippen LogP contribution in [0.25, 0.3) is 0 Å². The molecule has 6 heteroatoms. The number of likely N-dealkylation sites (N-methyl/N-ethyl adjacent to an activating group) is 1. The lowest BCUT2D eigenvalue weighted by Gasteiger charge is -2.32. The highest BCUT2D eigenvalue weighted by Gasteiger charge is 2.23. The van der Waals surface area contributed by atoms with E-state index < -0.39 is 0 Å². The minimum atomic E-state index is -0.0967. The third kappa shape index (κ3) is 5.82. The van der Waals surface area contributed by atoms with Crippen LogP contribution in [0, 0.1) is 0 Å². The topological polar surface area (TPSA) is 70.7 Å². The van der Waals surface area contributed by atoms with Crippen molar-refractivity contribution in [3.05, 3.63) is 65.7 Å². The molecule has 28 heavy (non-hydrogen) atoms. The fourth-order valence-electron chi connectivity index (χ4n) is 3.20. The van der Waals surface area contributed by atoms with Gasteiger partial charge >= 0.3 is 6.03 Å². The van der Waals surface area contributed by atoms with E-state index in [-0.39, 0.29) is 18.0 Å². The van der Waals surface area contributed by atoms with E-state index in [1.165, 1.54) is 5.56 Å². The molecule has 0 spiro atoms. The zero-order valence-electron chi connectivity index (χ0n) is 16.2. The van der Waals surface area contributed by atoms with Crippen LogP contribution in [0.2, 0.25) is 0 Å². The van der Waals surface area contributed by atoms with Gasteiger partial charge in [-0.25, -0.2) is 4.79 Å². The maximum absolute atomic E-state index is 12.5. The second-order valence-electron chi connectivity index (χ2n) is 6.96. The van der Waals surface area contributed by atoms with Crippen LogP contribution in [0.3, 0.4) is 0 Å². The minimum Gasteiger partial charge on any atom is -0.373 e. The number of anilines is 1. The molecule has 1 fully saturated rings. The fraction of sp³-hybridized carbons (Fsp3) is 0.364. The number of benzene rings is 2. The van der Waals surface area contributed by atoms with E-state index in [9.17, 15) is 9.59 Å². The number of likely N-dealkylation sites (tertiary alicyclic amines) is 1. The first-order valence-corrected chi connectivity index (χ1v) is 9.65. The molecule has 0 aliphatic carbocycles. The van der Waals surface area contributed by atoms with Crippen LogP contribution in [-0.4, -0.2) is 43.1 Å². The Morgan fingerprint density at radius 1 is 1.00 bits per heavy atom. The average Bonchev–Trinajstić information content (AvgIpc) is 2.74. The lowest BCUT2D eigenvalue weighted by atomic mass is 10.1. The van der Waals surface area contributed by atoms with Gasteiger partial charge in [-0.1, -0.05) is 42.5 Å². The van der Waals surface area contributed by atoms with Gasteiger partial charge in [0.2, 0.25) is 5.91 Å². The molecule has 2 N–H and O–H groups in total. The maximum Gasteiger partial charge on any atom is 0.321 e. The molecule has 0 aromatic heterocycles. The molecule has 0 saturated carbocycles. The number of nitrogens with one attached hydrogen (secondary N) is 2. The van der Waals surface area contributed by atoms with Crippen LogP contribution in [0.5, 0.6) is 0 Å². The summed E-state index contributed by atoms with van der Waals surface area (Å²) >= 11 is 0. The third-order valence-electron chi connectivity index (χ3n) is 4.91. The molecule has 3 amide bonds. The van der Waals surface area contributed by atoms with E-state index >= 15 is 0 Å². The van der Waals surface area contributed by atoms with Gasteiger partial charge in [0, 0.05) is 25.8 Å². The molecule has 0 radical (unpaired) electrons. The van der Waals surface area contributed by atoms with Gasteiger partial charge in [0.25, 0.3) is 0 Å². The summed E-state index contributed by atoms with van der Waals surface area (Å²) in [5.74, 6) is -0.0332. The van der Waals surface area contributed by atoms with E-state index in [2.05, 4.69) is 22.8 Å². The van der Waals surface area contributed by atoms with Crippen molar-refractivity contribution in [2.45, 2.75) is 32.0 Å². The van der Waals surface area contributed by atoms with Crippen LogP contribution in [0.1, 0.15) is 24.0 Å². The fourth-order valence-corrected chi connectivity index (χ4v) is 3.20. The van der Waals surface area contributed by atoms with Gasteiger partial charge < -0.3 is 20.3 Å². The molecule has 0 bridgehead atoms. The lowest BCUT2D eigenvalue weighted by molar-refractivity contribution is -0.119. The summed E-state index contributed by atoms with van der Waals surface area (Å²) < 4.78 is 5.98. The molecular weight excluding hydrogens is 354 g/mol. The summed E-state index contributed by atoms with van der Waals surface area (Å²) in [6.07, 6.45) is 2.20. The molecular formula is C22H27N3O3. The van der Waals surface area contributed by atoms with Gasteiger partial charge in [0.05, 0.1) is 19.1 Å². The number of ether oxygens (including phenoxy) is 1. The van der Waals surface area contributed by atoms with E-state index in [4.69, 9.17) is 4.74 Å². The van der Waals surface area contributed by atoms with Crippen molar-refractivity contribution in [2.75, 3.05) is 25.5 Å². The molecule has 1 saturated heterocycles. The number of urea groups is 1. The molecule has 148 valence electrons. The Morgan fingerprint density at radius 2 is 1.68 bits per heavy atom. The number of amides is 3. The summed E-state index contributed by atoms with van der Waals surface area (Å²) in [4.78, 5) is 25.7. The predicted octanol–water partition coefficient (Wildman–Crippen LogP) is 3.19. The first-order valence-electron chi connectivity index (χ1n) is 9.65. The van der Waals surface area contributed by atoms with Crippen LogP contribution in [-0.2, 0) is 22.6 Å². The van der Waals surface area contributed by atoms with Gasteiger partial charge in [0.15, 0.2) is 0 Å². The molecule has 0 atom stereocenters. The summed E-state index contributed by atoms with van der Waals surface area (Å²) in [5, 5.41) is 5.52. The summed E-state index contributed by atoms with van der Waals surface area (Å²) in [5.41, 5.74) is 2.81. The normalized spacial score (nSPS) is 14.5. The maximum atomic E-state index is 12.5. The molecule has 1 aliphatic rings. The quantitative estimate of drug-likeness (QED) is 0.807. The third-order valence-corrected chi connectivity index (χ3v) is 4.91. The van der Waals surface area contributed by atoms with E-state index in [1.54, 1.807) is 7.05 Å². The second kappa shape index (κ2) is 9.90. The number of carbonyl (C=O) groups is 2. The van der Waals surface area contributed by atoms with Gasteiger partial charge in [-0.3, -0.25) is 4.79 Å². The van der Waals surface area contributed by atoms with Crippen LogP contribution in [0.4, 0.5) is 10.5 Å². The highest BCUT2D eigenvalue weighted by molar-refractivity contribution is 5.89. The summed E-state index contributed by atoms with van der Waals surface area (Å²) in [6, 6.07) is 17.4. The van der Waals surface area contributed by atoms with E-state index in [0.29, 0.717) is 26.1 Å². The van der Waals surface area contributed by atoms with Crippen molar-refractivity contribution in [3.8, 4) is 0 Å². The molecule has 1 heterocycles. The Kier molecular flexibility index (Phi) is 7.03. The summed E-state index contributed by atoms with van der Waals surface area (Å²) in [6.45, 7) is 1.97. The van der Waals surface area contributed by atoms with Gasteiger partial charge in [-0.05, 0) is 36.1 Å². The molecule has 6 nitrogen and oxygen atoms in total. The van der Waals surface area contributed by atoms with Crippen molar-refractivity contribution >= 4 is 17.6 Å². The first-order chi connectivity index (χ1) is 13.6. The highest BCUT2D eigenvalue weighted by Crippen LogP contribution is 2.17. The minimum absolute atomic E-state index is 0.0332. The first kappa shape index (κ1) is 19.9. The zero-order valence-corrected chi connectivity index (χ0v) is 16.2. The van der Waals surface area contributed by atoms with Crippen molar-refractivity contribution in [1.29, 1.82) is 0 Å². The number of hydrogen-bond acceptors (Lipinski definition) is 3. The Morgan fingerprint density at radius 3 is 2.32 bits per heavy atom. The zero-order chi connectivity index (χ0) is 19.8. The van der Waals surface area contributed by atoms with Crippen LogP contribution >= 0.6 is 0 Å². The second-order valence-corrected chi connectivity index (χ2v) is 6.96. The monoisotopic (exact) mass is 381 g/mol. The SMILES string of the molecule is CNC(=O)Cc1ccc(NC(=O)N2CCC(OCc3ccccc3)CC2)cc1. The average molecular weight is 381 g/mol. The van der Waals surface area contributed by atoms with E-state index in [1.807, 2.05) is 47.4 Å². The van der Waals surface area contributed by atoms with Crippen molar-refractivity contribution in [2.24, 2.45) is 0 Å². The van der Waals surface area contributed by atoms with Gasteiger partial charge in [0.1, 0.15) is 0 Å². The van der Waals surface area contributed by atoms with Crippen LogP contribution in [0.15, 0.2) is 54.6 Å². The molecule has 1 aliphatic heterocycles. The van der Waals surface area contributed by atoms with Crippen molar-refractivity contribution in [3.63, 3.8) is 0 Å². The van der Waals surface area contributed by atoms with E-state index in [0.717, 1.165) is 24.1 Å². The summed E-state index contributed by atoms with van der Waals surface area (Å²) in [7, 11) is 1.62. The Hall–Kier alpha value is -2.86. The standard InChI is InChI=1S/C22H27N3O3/c1-23-21(26)15-17-7-9-19(10-8-17)24-22(27)25-13-11-20(12-14-25)28-16-18-5-3-2-4-6-18/h2-10,20H,11-16H2,1H3,(H,23,26)(H,24,27). The molecule has 3 rings (SSSR count). The van der Waals surface area contributed by atoms with Crippen LogP contribution < -0.4 is 10.6 Å². The molecule has 0 unspecified atom stereocenters. The molecule has 2 aromatic rings.